The van der Waals surface area contributed by atoms with Crippen LogP contribution >= 0.6 is 0 Å². The minimum absolute atomic E-state index is 0.0336. The summed E-state index contributed by atoms with van der Waals surface area (Å²) in [5.74, 6) is 0.0533. The van der Waals surface area contributed by atoms with Gasteiger partial charge >= 0.3 is 0 Å². The van der Waals surface area contributed by atoms with Crippen LogP contribution in [0.25, 0.3) is 0 Å². The van der Waals surface area contributed by atoms with Crippen molar-refractivity contribution in [2.45, 2.75) is 37.8 Å². The molecule has 0 heterocycles. The highest BCUT2D eigenvalue weighted by Crippen LogP contribution is 2.22. The van der Waals surface area contributed by atoms with E-state index in [1.54, 1.807) is 0 Å². The summed E-state index contributed by atoms with van der Waals surface area (Å²) in [5.41, 5.74) is 1.02. The molecule has 1 atom stereocenters. The van der Waals surface area contributed by atoms with Gasteiger partial charge in [0.25, 0.3) is 0 Å². The number of nitrogens with one attached hydrogen (secondary N) is 1. The molecule has 1 aromatic carbocycles. The Hall–Kier alpha value is -0.910. The lowest BCUT2D eigenvalue weighted by Crippen LogP contribution is -2.47. The largest absolute Gasteiger partial charge is 0.393 e. The van der Waals surface area contributed by atoms with Crippen molar-refractivity contribution in [3.05, 3.63) is 35.9 Å². The zero-order valence-electron chi connectivity index (χ0n) is 10.4. The molecule has 0 bridgehead atoms. The first-order valence-electron chi connectivity index (χ1n) is 6.19. The second-order valence-corrected chi connectivity index (χ2v) is 6.83. The second kappa shape index (κ2) is 5.38. The summed E-state index contributed by atoms with van der Waals surface area (Å²) < 4.78 is 26.5. The second-order valence-electron chi connectivity index (χ2n) is 5.03. The van der Waals surface area contributed by atoms with Gasteiger partial charge in [0.2, 0.25) is 10.0 Å². The van der Waals surface area contributed by atoms with Gasteiger partial charge in [-0.3, -0.25) is 0 Å². The third kappa shape index (κ3) is 3.54. The first-order chi connectivity index (χ1) is 8.46. The molecular weight excluding hydrogens is 250 g/mol. The molecule has 1 aromatic rings. The normalized spacial score (nSPS) is 25.4. The lowest BCUT2D eigenvalue weighted by molar-refractivity contribution is 0.0712. The van der Waals surface area contributed by atoms with E-state index >= 15 is 0 Å². The Morgan fingerprint density at radius 3 is 2.50 bits per heavy atom. The van der Waals surface area contributed by atoms with Gasteiger partial charge < -0.3 is 5.11 Å². The van der Waals surface area contributed by atoms with E-state index in [1.807, 2.05) is 37.3 Å². The Labute approximate surface area is 108 Å². The van der Waals surface area contributed by atoms with E-state index in [0.717, 1.165) is 5.56 Å². The monoisotopic (exact) mass is 269 g/mol. The van der Waals surface area contributed by atoms with E-state index in [1.165, 1.54) is 0 Å². The number of aliphatic hydroxyl groups excluding tert-OH is 1. The van der Waals surface area contributed by atoms with Crippen molar-refractivity contribution >= 4 is 10.0 Å². The van der Waals surface area contributed by atoms with Crippen molar-refractivity contribution in [2.24, 2.45) is 0 Å². The summed E-state index contributed by atoms with van der Waals surface area (Å²) in [6, 6.07) is 9.52. The number of aliphatic hydroxyl groups is 1. The van der Waals surface area contributed by atoms with Crippen LogP contribution in [0, 0.1) is 0 Å². The van der Waals surface area contributed by atoms with Crippen molar-refractivity contribution in [1.29, 1.82) is 0 Å². The highest BCUT2D eigenvalue weighted by Gasteiger charge is 2.31. The Bertz CT molecular complexity index is 480. The lowest BCUT2D eigenvalue weighted by atomic mass is 9.91. The number of benzene rings is 1. The van der Waals surface area contributed by atoms with Crippen LogP contribution in [0.3, 0.4) is 0 Å². The maximum Gasteiger partial charge on any atom is 0.212 e. The number of sulfonamides is 1. The fraction of sp³-hybridized carbons (Fsp3) is 0.538. The standard InChI is InChI=1S/C13H19NO3S/c1-10(11-5-3-2-4-6-11)9-18(16,17)14-12-7-13(15)8-12/h2-6,10,12-15H,7-9H2,1H3. The first-order valence-corrected chi connectivity index (χ1v) is 7.84. The summed E-state index contributed by atoms with van der Waals surface area (Å²) in [5, 5.41) is 9.14. The fourth-order valence-corrected chi connectivity index (χ4v) is 3.84. The molecule has 5 heteroatoms. The van der Waals surface area contributed by atoms with E-state index in [2.05, 4.69) is 4.72 Å². The average molecular weight is 269 g/mol. The number of hydrogen-bond donors (Lipinski definition) is 2. The van der Waals surface area contributed by atoms with Gasteiger partial charge in [-0.05, 0) is 24.3 Å². The Morgan fingerprint density at radius 1 is 1.33 bits per heavy atom. The van der Waals surface area contributed by atoms with E-state index in [0.29, 0.717) is 12.8 Å². The third-order valence-corrected chi connectivity index (χ3v) is 4.93. The zero-order chi connectivity index (χ0) is 13.2. The van der Waals surface area contributed by atoms with Crippen LogP contribution in [0.2, 0.25) is 0 Å². The first kappa shape index (κ1) is 13.5. The van der Waals surface area contributed by atoms with E-state index < -0.39 is 10.0 Å². The molecule has 0 radical (unpaired) electrons. The van der Waals surface area contributed by atoms with Crippen molar-refractivity contribution in [3.63, 3.8) is 0 Å². The van der Waals surface area contributed by atoms with Gasteiger partial charge in [0.15, 0.2) is 0 Å². The van der Waals surface area contributed by atoms with Crippen LogP contribution in [0.15, 0.2) is 30.3 Å². The van der Waals surface area contributed by atoms with Gasteiger partial charge in [-0.15, -0.1) is 0 Å². The van der Waals surface area contributed by atoms with Gasteiger partial charge in [-0.1, -0.05) is 37.3 Å². The minimum atomic E-state index is -3.27. The minimum Gasteiger partial charge on any atom is -0.393 e. The molecule has 1 fully saturated rings. The van der Waals surface area contributed by atoms with E-state index in [4.69, 9.17) is 5.11 Å². The molecule has 2 N–H and O–H groups in total. The third-order valence-electron chi connectivity index (χ3n) is 3.30. The molecule has 0 aromatic heterocycles. The van der Waals surface area contributed by atoms with Crippen molar-refractivity contribution in [1.82, 2.24) is 4.72 Å². The molecule has 2 rings (SSSR count). The highest BCUT2D eigenvalue weighted by molar-refractivity contribution is 7.89. The lowest BCUT2D eigenvalue weighted by Gasteiger charge is -2.32. The predicted octanol–water partition coefficient (Wildman–Crippen LogP) is 1.23. The van der Waals surface area contributed by atoms with Crippen molar-refractivity contribution < 1.29 is 13.5 Å². The molecule has 0 spiro atoms. The summed E-state index contributed by atoms with van der Waals surface area (Å²) in [6.07, 6.45) is 0.710. The van der Waals surface area contributed by atoms with Crippen LogP contribution < -0.4 is 4.72 Å². The summed E-state index contributed by atoms with van der Waals surface area (Å²) >= 11 is 0. The smallest absolute Gasteiger partial charge is 0.212 e. The predicted molar refractivity (Wildman–Crippen MR) is 70.8 cm³/mol. The molecule has 1 unspecified atom stereocenters. The number of rotatable bonds is 5. The van der Waals surface area contributed by atoms with Crippen LogP contribution in [0.1, 0.15) is 31.2 Å². The van der Waals surface area contributed by atoms with Gasteiger partial charge in [0, 0.05) is 6.04 Å². The summed E-state index contributed by atoms with van der Waals surface area (Å²) in [7, 11) is -3.27. The fourth-order valence-electron chi connectivity index (χ4n) is 2.19. The van der Waals surface area contributed by atoms with Crippen molar-refractivity contribution in [3.8, 4) is 0 Å². The Balaban J connectivity index is 1.92. The maximum atomic E-state index is 11.9. The van der Waals surface area contributed by atoms with Crippen LogP contribution in [0.5, 0.6) is 0 Å². The molecule has 1 aliphatic carbocycles. The number of hydrogen-bond acceptors (Lipinski definition) is 3. The van der Waals surface area contributed by atoms with Gasteiger partial charge in [0.05, 0.1) is 11.9 Å². The molecule has 18 heavy (non-hydrogen) atoms. The van der Waals surface area contributed by atoms with Crippen LogP contribution in [-0.2, 0) is 10.0 Å². The van der Waals surface area contributed by atoms with Crippen molar-refractivity contribution in [2.75, 3.05) is 5.75 Å². The maximum absolute atomic E-state index is 11.9. The molecule has 0 aliphatic heterocycles. The quantitative estimate of drug-likeness (QED) is 0.845. The van der Waals surface area contributed by atoms with E-state index in [9.17, 15) is 8.42 Å². The molecule has 4 nitrogen and oxygen atoms in total. The molecule has 1 aliphatic rings. The Morgan fingerprint density at radius 2 is 1.94 bits per heavy atom. The van der Waals surface area contributed by atoms with Crippen LogP contribution in [0.4, 0.5) is 0 Å². The molecule has 100 valence electrons. The summed E-state index contributed by atoms with van der Waals surface area (Å²) in [4.78, 5) is 0. The van der Waals surface area contributed by atoms with Gasteiger partial charge in [-0.25, -0.2) is 13.1 Å². The average Bonchev–Trinajstić information content (AvgIpc) is 2.27. The van der Waals surface area contributed by atoms with Gasteiger partial charge in [-0.2, -0.15) is 0 Å². The SMILES string of the molecule is CC(CS(=O)(=O)NC1CC(O)C1)c1ccccc1. The van der Waals surface area contributed by atoms with Gasteiger partial charge in [0.1, 0.15) is 0 Å². The zero-order valence-corrected chi connectivity index (χ0v) is 11.2. The topological polar surface area (TPSA) is 66.4 Å². The molecule has 0 saturated heterocycles. The Kier molecular flexibility index (Phi) is 4.04. The molecular formula is C13H19NO3S. The molecule has 1 saturated carbocycles. The van der Waals surface area contributed by atoms with E-state index in [-0.39, 0.29) is 23.8 Å². The highest BCUT2D eigenvalue weighted by atomic mass is 32.2. The molecule has 0 amide bonds. The van der Waals surface area contributed by atoms with Crippen LogP contribution in [-0.4, -0.2) is 31.4 Å². The summed E-state index contributed by atoms with van der Waals surface area (Å²) in [6.45, 7) is 1.91.